The fourth-order valence-electron chi connectivity index (χ4n) is 1.47. The zero-order valence-electron chi connectivity index (χ0n) is 11.0. The summed E-state index contributed by atoms with van der Waals surface area (Å²) in [6, 6.07) is 0. The molecule has 0 rings (SSSR count). The largest absolute Gasteiger partial charge is 0.316 e. The summed E-state index contributed by atoms with van der Waals surface area (Å²) in [6.45, 7) is 16.1. The predicted octanol–water partition coefficient (Wildman–Crippen LogP) is 3.69. The first-order chi connectivity index (χ1) is 6.33. The summed E-state index contributed by atoms with van der Waals surface area (Å²) >= 11 is 0. The lowest BCUT2D eigenvalue weighted by atomic mass is 9.85. The number of hydrogen-bond donors (Lipinski definition) is 1. The highest BCUT2D eigenvalue weighted by atomic mass is 14.9. The zero-order chi connectivity index (χ0) is 11.2. The van der Waals surface area contributed by atoms with Gasteiger partial charge in [-0.1, -0.05) is 48.0 Å². The van der Waals surface area contributed by atoms with Crippen molar-refractivity contribution >= 4 is 0 Å². The molecule has 1 heteroatoms. The third-order valence-corrected chi connectivity index (χ3v) is 2.55. The molecule has 1 nitrogen and oxygen atoms in total. The van der Waals surface area contributed by atoms with E-state index in [2.05, 4.69) is 46.9 Å². The van der Waals surface area contributed by atoms with Crippen LogP contribution in [0.4, 0.5) is 0 Å². The van der Waals surface area contributed by atoms with Crippen molar-refractivity contribution in [3.8, 4) is 0 Å². The van der Waals surface area contributed by atoms with Gasteiger partial charge in [0.2, 0.25) is 0 Å². The summed E-state index contributed by atoms with van der Waals surface area (Å²) in [7, 11) is 0. The van der Waals surface area contributed by atoms with Crippen molar-refractivity contribution in [1.29, 1.82) is 0 Å². The quantitative estimate of drug-likeness (QED) is 0.659. The summed E-state index contributed by atoms with van der Waals surface area (Å²) in [5.74, 6) is 1.59. The molecule has 0 bridgehead atoms. The highest BCUT2D eigenvalue weighted by Gasteiger charge is 2.17. The van der Waals surface area contributed by atoms with Crippen LogP contribution in [0.3, 0.4) is 0 Å². The molecule has 86 valence electrons. The normalized spacial score (nSPS) is 12.9. The van der Waals surface area contributed by atoms with Crippen LogP contribution in [0, 0.1) is 17.3 Å². The predicted molar refractivity (Wildman–Crippen MR) is 65.6 cm³/mol. The van der Waals surface area contributed by atoms with Crippen molar-refractivity contribution in [1.82, 2.24) is 5.32 Å². The molecule has 0 aliphatic carbocycles. The first-order valence-electron chi connectivity index (χ1n) is 6.04. The first-order valence-corrected chi connectivity index (χ1v) is 6.04. The van der Waals surface area contributed by atoms with E-state index >= 15 is 0 Å². The summed E-state index contributed by atoms with van der Waals surface area (Å²) < 4.78 is 0. The minimum absolute atomic E-state index is 0.457. The SMILES string of the molecule is CC(C)CCC(C)(C)CNCC(C)C. The maximum absolute atomic E-state index is 3.55. The van der Waals surface area contributed by atoms with Crippen molar-refractivity contribution < 1.29 is 0 Å². The van der Waals surface area contributed by atoms with Crippen LogP contribution in [0.2, 0.25) is 0 Å². The molecule has 14 heavy (non-hydrogen) atoms. The van der Waals surface area contributed by atoms with E-state index in [0.29, 0.717) is 5.41 Å². The second-order valence-electron chi connectivity index (χ2n) is 6.12. The van der Waals surface area contributed by atoms with Crippen LogP contribution >= 0.6 is 0 Å². The highest BCUT2D eigenvalue weighted by molar-refractivity contribution is 4.72. The van der Waals surface area contributed by atoms with Crippen LogP contribution in [-0.2, 0) is 0 Å². The second-order valence-corrected chi connectivity index (χ2v) is 6.12. The molecule has 0 atom stereocenters. The average Bonchev–Trinajstić information content (AvgIpc) is 2.00. The smallest absolute Gasteiger partial charge is 0.000263 e. The molecule has 1 N–H and O–H groups in total. The Labute approximate surface area is 90.7 Å². The third-order valence-electron chi connectivity index (χ3n) is 2.55. The Hall–Kier alpha value is -0.0400. The first kappa shape index (κ1) is 14.0. The van der Waals surface area contributed by atoms with Gasteiger partial charge in [0, 0.05) is 6.54 Å². The minimum atomic E-state index is 0.457. The van der Waals surface area contributed by atoms with Crippen LogP contribution in [0.1, 0.15) is 54.4 Å². The molecule has 0 amide bonds. The van der Waals surface area contributed by atoms with E-state index in [1.807, 2.05) is 0 Å². The number of rotatable bonds is 7. The second kappa shape index (κ2) is 6.44. The van der Waals surface area contributed by atoms with Crippen LogP contribution in [0.5, 0.6) is 0 Å². The van der Waals surface area contributed by atoms with Crippen molar-refractivity contribution in [3.63, 3.8) is 0 Å². The van der Waals surface area contributed by atoms with Gasteiger partial charge in [-0.3, -0.25) is 0 Å². The topological polar surface area (TPSA) is 12.0 Å². The standard InChI is InChI=1S/C13H29N/c1-11(2)7-8-13(5,6)10-14-9-12(3)4/h11-12,14H,7-10H2,1-6H3. The van der Waals surface area contributed by atoms with Crippen molar-refractivity contribution in [3.05, 3.63) is 0 Å². The van der Waals surface area contributed by atoms with E-state index < -0.39 is 0 Å². The maximum atomic E-state index is 3.55. The third kappa shape index (κ3) is 8.55. The Morgan fingerprint density at radius 3 is 2.00 bits per heavy atom. The van der Waals surface area contributed by atoms with Gasteiger partial charge in [-0.15, -0.1) is 0 Å². The maximum Gasteiger partial charge on any atom is 0.000263 e. The summed E-state index contributed by atoms with van der Waals surface area (Å²) in [5.41, 5.74) is 0.457. The lowest BCUT2D eigenvalue weighted by Crippen LogP contribution is -2.32. The Morgan fingerprint density at radius 1 is 1.00 bits per heavy atom. The van der Waals surface area contributed by atoms with Crippen molar-refractivity contribution in [2.24, 2.45) is 17.3 Å². The molecule has 0 spiro atoms. The van der Waals surface area contributed by atoms with Crippen molar-refractivity contribution in [2.75, 3.05) is 13.1 Å². The van der Waals surface area contributed by atoms with Gasteiger partial charge >= 0.3 is 0 Å². The van der Waals surface area contributed by atoms with E-state index in [1.54, 1.807) is 0 Å². The van der Waals surface area contributed by atoms with Gasteiger partial charge in [0.25, 0.3) is 0 Å². The van der Waals surface area contributed by atoms with Crippen LogP contribution < -0.4 is 5.32 Å². The molecule has 0 aromatic carbocycles. The Morgan fingerprint density at radius 2 is 1.57 bits per heavy atom. The minimum Gasteiger partial charge on any atom is -0.316 e. The molecule has 0 aliphatic rings. The molecule has 0 saturated carbocycles. The Balaban J connectivity index is 3.61. The molecule has 0 heterocycles. The molecular weight excluding hydrogens is 170 g/mol. The van der Waals surface area contributed by atoms with E-state index in [9.17, 15) is 0 Å². The zero-order valence-corrected chi connectivity index (χ0v) is 11.0. The fourth-order valence-corrected chi connectivity index (χ4v) is 1.47. The molecule has 0 saturated heterocycles. The number of nitrogens with one attached hydrogen (secondary N) is 1. The molecule has 0 unspecified atom stereocenters. The van der Waals surface area contributed by atoms with Gasteiger partial charge in [-0.25, -0.2) is 0 Å². The fraction of sp³-hybridized carbons (Fsp3) is 1.00. The molecule has 0 aromatic rings. The van der Waals surface area contributed by atoms with Crippen LogP contribution in [0.25, 0.3) is 0 Å². The van der Waals surface area contributed by atoms with Crippen LogP contribution in [-0.4, -0.2) is 13.1 Å². The Kier molecular flexibility index (Phi) is 6.43. The van der Waals surface area contributed by atoms with Crippen molar-refractivity contribution in [2.45, 2.75) is 54.4 Å². The lowest BCUT2D eigenvalue weighted by molar-refractivity contribution is 0.284. The van der Waals surface area contributed by atoms with Gasteiger partial charge < -0.3 is 5.32 Å². The van der Waals surface area contributed by atoms with Crippen LogP contribution in [0.15, 0.2) is 0 Å². The molecule has 0 aromatic heterocycles. The van der Waals surface area contributed by atoms with E-state index in [0.717, 1.165) is 24.9 Å². The van der Waals surface area contributed by atoms with Gasteiger partial charge in [0.05, 0.1) is 0 Å². The van der Waals surface area contributed by atoms with E-state index in [4.69, 9.17) is 0 Å². The van der Waals surface area contributed by atoms with E-state index in [-0.39, 0.29) is 0 Å². The summed E-state index contributed by atoms with van der Waals surface area (Å²) in [4.78, 5) is 0. The molecule has 0 radical (unpaired) electrons. The summed E-state index contributed by atoms with van der Waals surface area (Å²) in [6.07, 6.45) is 2.67. The van der Waals surface area contributed by atoms with E-state index in [1.165, 1.54) is 12.8 Å². The molecular formula is C13H29N. The lowest BCUT2D eigenvalue weighted by Gasteiger charge is -2.26. The molecule has 0 fully saturated rings. The van der Waals surface area contributed by atoms with Gasteiger partial charge in [0.1, 0.15) is 0 Å². The monoisotopic (exact) mass is 199 g/mol. The van der Waals surface area contributed by atoms with Gasteiger partial charge in [-0.2, -0.15) is 0 Å². The van der Waals surface area contributed by atoms with Gasteiger partial charge in [0.15, 0.2) is 0 Å². The van der Waals surface area contributed by atoms with Gasteiger partial charge in [-0.05, 0) is 30.2 Å². The average molecular weight is 199 g/mol. The molecule has 0 aliphatic heterocycles. The highest BCUT2D eigenvalue weighted by Crippen LogP contribution is 2.23. The Bertz CT molecular complexity index is 136. The summed E-state index contributed by atoms with van der Waals surface area (Å²) in [5, 5.41) is 3.55. The number of hydrogen-bond acceptors (Lipinski definition) is 1.